The average molecular weight is 398 g/mol. The Balaban J connectivity index is 1.57. The highest BCUT2D eigenvalue weighted by Gasteiger charge is 2.15. The Bertz CT molecular complexity index is 1110. The van der Waals surface area contributed by atoms with E-state index in [1.54, 1.807) is 7.11 Å². The molecule has 4 rings (SSSR count). The maximum Gasteiger partial charge on any atom is 0.277 e. The van der Waals surface area contributed by atoms with Crippen molar-refractivity contribution in [2.75, 3.05) is 7.11 Å². The van der Waals surface area contributed by atoms with Crippen LogP contribution in [0.25, 0.3) is 22.4 Å². The lowest BCUT2D eigenvalue weighted by molar-refractivity contribution is 0.411. The number of hydrogen-bond donors (Lipinski definition) is 0. The molecule has 0 N–H and O–H groups in total. The van der Waals surface area contributed by atoms with Gasteiger partial charge in [0.15, 0.2) is 0 Å². The van der Waals surface area contributed by atoms with Crippen molar-refractivity contribution in [2.24, 2.45) is 0 Å². The van der Waals surface area contributed by atoms with Gasteiger partial charge in [0.25, 0.3) is 11.1 Å². The van der Waals surface area contributed by atoms with Crippen LogP contribution in [0.15, 0.2) is 58.2 Å². The molecule has 2 aromatic heterocycles. The summed E-state index contributed by atoms with van der Waals surface area (Å²) < 4.78 is 11.1. The van der Waals surface area contributed by atoms with E-state index in [4.69, 9.17) is 20.8 Å². The molecule has 7 heteroatoms. The van der Waals surface area contributed by atoms with Crippen LogP contribution < -0.4 is 4.74 Å². The van der Waals surface area contributed by atoms with Gasteiger partial charge in [-0.15, -0.1) is 10.2 Å². The van der Waals surface area contributed by atoms with Crippen molar-refractivity contribution in [3.63, 3.8) is 0 Å². The third kappa shape index (κ3) is 3.50. The highest BCUT2D eigenvalue weighted by molar-refractivity contribution is 7.98. The predicted octanol–water partition coefficient (Wildman–Crippen LogP) is 5.55. The number of halogens is 1. The quantitative estimate of drug-likeness (QED) is 0.411. The average Bonchev–Trinajstić information content (AvgIpc) is 3.18. The van der Waals surface area contributed by atoms with Crippen LogP contribution in [0, 0.1) is 6.92 Å². The number of rotatable bonds is 5. The number of aromatic nitrogens is 3. The minimum atomic E-state index is 0.420. The molecule has 27 heavy (non-hydrogen) atoms. The molecule has 0 spiro atoms. The van der Waals surface area contributed by atoms with Crippen LogP contribution in [-0.2, 0) is 5.75 Å². The first-order valence-corrected chi connectivity index (χ1v) is 9.67. The Labute approximate surface area is 165 Å². The molecule has 2 heterocycles. The van der Waals surface area contributed by atoms with Gasteiger partial charge < -0.3 is 9.15 Å². The summed E-state index contributed by atoms with van der Waals surface area (Å²) in [5.74, 6) is 1.65. The molecule has 5 nitrogen and oxygen atoms in total. The van der Waals surface area contributed by atoms with Crippen LogP contribution in [0.5, 0.6) is 5.75 Å². The van der Waals surface area contributed by atoms with Crippen LogP contribution in [0.1, 0.15) is 11.3 Å². The lowest BCUT2D eigenvalue weighted by Crippen LogP contribution is -1.94. The molecule has 0 unspecified atom stereocenters. The molecule has 0 atom stereocenters. The monoisotopic (exact) mass is 397 g/mol. The number of hydrogen-bond acceptors (Lipinski definition) is 6. The number of nitrogens with zero attached hydrogens (tertiary/aromatic N) is 3. The number of thioether (sulfide) groups is 1. The van der Waals surface area contributed by atoms with E-state index in [2.05, 4.69) is 15.2 Å². The number of ether oxygens (including phenoxy) is 1. The first kappa shape index (κ1) is 17.8. The molecule has 0 fully saturated rings. The molecule has 0 aliphatic rings. The van der Waals surface area contributed by atoms with Crippen LogP contribution >= 0.6 is 23.4 Å². The van der Waals surface area contributed by atoms with E-state index < -0.39 is 0 Å². The number of benzene rings is 2. The Morgan fingerprint density at radius 3 is 2.70 bits per heavy atom. The molecule has 0 amide bonds. The van der Waals surface area contributed by atoms with E-state index in [0.29, 0.717) is 27.6 Å². The third-order valence-corrected chi connectivity index (χ3v) is 5.55. The van der Waals surface area contributed by atoms with Gasteiger partial charge in [-0.2, -0.15) is 0 Å². The largest absolute Gasteiger partial charge is 0.496 e. The second-order valence-electron chi connectivity index (χ2n) is 5.88. The minimum Gasteiger partial charge on any atom is -0.496 e. The Hall–Kier alpha value is -2.57. The van der Waals surface area contributed by atoms with Crippen molar-refractivity contribution in [3.8, 4) is 17.2 Å². The number of pyridine rings is 1. The number of para-hydroxylation sites is 2. The van der Waals surface area contributed by atoms with Crippen molar-refractivity contribution < 1.29 is 9.15 Å². The van der Waals surface area contributed by atoms with E-state index in [1.807, 2.05) is 55.5 Å². The highest BCUT2D eigenvalue weighted by atomic mass is 35.5. The summed E-state index contributed by atoms with van der Waals surface area (Å²) in [5, 5.41) is 10.4. The summed E-state index contributed by atoms with van der Waals surface area (Å²) in [6.07, 6.45) is 0. The summed E-state index contributed by atoms with van der Waals surface area (Å²) in [4.78, 5) is 4.68. The second-order valence-corrected chi connectivity index (χ2v) is 7.18. The van der Waals surface area contributed by atoms with Crippen molar-refractivity contribution >= 4 is 34.3 Å². The van der Waals surface area contributed by atoms with Crippen molar-refractivity contribution in [2.45, 2.75) is 17.9 Å². The Kier molecular flexibility index (Phi) is 5.01. The van der Waals surface area contributed by atoms with Gasteiger partial charge in [-0.3, -0.25) is 4.98 Å². The van der Waals surface area contributed by atoms with Crippen molar-refractivity contribution in [1.82, 2.24) is 15.2 Å². The summed E-state index contributed by atoms with van der Waals surface area (Å²) >= 11 is 7.93. The Morgan fingerprint density at radius 2 is 1.85 bits per heavy atom. The number of methoxy groups -OCH3 is 1. The van der Waals surface area contributed by atoms with E-state index in [-0.39, 0.29) is 0 Å². The zero-order valence-electron chi connectivity index (χ0n) is 14.8. The molecular weight excluding hydrogens is 382 g/mol. The predicted molar refractivity (Wildman–Crippen MR) is 107 cm³/mol. The molecule has 0 saturated carbocycles. The van der Waals surface area contributed by atoms with Gasteiger partial charge in [-0.1, -0.05) is 53.7 Å². The third-order valence-electron chi connectivity index (χ3n) is 4.22. The van der Waals surface area contributed by atoms with E-state index in [1.165, 1.54) is 11.8 Å². The fourth-order valence-electron chi connectivity index (χ4n) is 2.84. The first-order valence-electron chi connectivity index (χ1n) is 8.31. The molecule has 0 aliphatic carbocycles. The molecule has 0 radical (unpaired) electrons. The second kappa shape index (κ2) is 7.58. The maximum absolute atomic E-state index is 6.52. The molecule has 0 saturated heterocycles. The Morgan fingerprint density at radius 1 is 1.07 bits per heavy atom. The smallest absolute Gasteiger partial charge is 0.277 e. The lowest BCUT2D eigenvalue weighted by atomic mass is 10.1. The normalized spacial score (nSPS) is 11.1. The van der Waals surface area contributed by atoms with Crippen LogP contribution in [0.2, 0.25) is 5.02 Å². The van der Waals surface area contributed by atoms with Gasteiger partial charge >= 0.3 is 0 Å². The highest BCUT2D eigenvalue weighted by Crippen LogP contribution is 2.33. The topological polar surface area (TPSA) is 61.0 Å². The van der Waals surface area contributed by atoms with Gasteiger partial charge in [0.2, 0.25) is 0 Å². The van der Waals surface area contributed by atoms with Gasteiger partial charge in [-0.05, 0) is 30.7 Å². The standard InChI is InChI=1S/C20H16ClN3O2S/c1-12-13-7-3-5-9-15(13)22-16(18(12)21)11-27-20-24-23-19(26-20)14-8-4-6-10-17(14)25-2/h3-10H,11H2,1-2H3. The molecule has 4 aromatic rings. The van der Waals surface area contributed by atoms with E-state index >= 15 is 0 Å². The zero-order valence-corrected chi connectivity index (χ0v) is 16.3. The summed E-state index contributed by atoms with van der Waals surface area (Å²) in [6, 6.07) is 15.5. The molecular formula is C20H16ClN3O2S. The van der Waals surface area contributed by atoms with E-state index in [0.717, 1.165) is 27.7 Å². The fraction of sp³-hybridized carbons (Fsp3) is 0.150. The number of fused-ring (bicyclic) bond motifs is 1. The van der Waals surface area contributed by atoms with Gasteiger partial charge in [-0.25, -0.2) is 0 Å². The first-order chi connectivity index (χ1) is 13.2. The maximum atomic E-state index is 6.52. The van der Waals surface area contributed by atoms with Gasteiger partial charge in [0, 0.05) is 11.1 Å². The summed E-state index contributed by atoms with van der Waals surface area (Å²) in [6.45, 7) is 2.01. The van der Waals surface area contributed by atoms with Crippen molar-refractivity contribution in [3.05, 3.63) is 64.8 Å². The van der Waals surface area contributed by atoms with Gasteiger partial charge in [0.1, 0.15) is 5.75 Å². The van der Waals surface area contributed by atoms with Crippen LogP contribution in [0.4, 0.5) is 0 Å². The summed E-state index contributed by atoms with van der Waals surface area (Å²) in [5.41, 5.74) is 3.51. The van der Waals surface area contributed by atoms with Gasteiger partial charge in [0.05, 0.1) is 28.9 Å². The fourth-order valence-corrected chi connectivity index (χ4v) is 3.84. The molecule has 136 valence electrons. The van der Waals surface area contributed by atoms with Crippen LogP contribution in [-0.4, -0.2) is 22.3 Å². The number of aryl methyl sites for hydroxylation is 1. The molecule has 2 aromatic carbocycles. The van der Waals surface area contributed by atoms with Crippen molar-refractivity contribution in [1.29, 1.82) is 0 Å². The minimum absolute atomic E-state index is 0.420. The SMILES string of the molecule is COc1ccccc1-c1nnc(SCc2nc3ccccc3c(C)c2Cl)o1. The van der Waals surface area contributed by atoms with Crippen LogP contribution in [0.3, 0.4) is 0 Å². The molecule has 0 bridgehead atoms. The van der Waals surface area contributed by atoms with E-state index in [9.17, 15) is 0 Å². The zero-order chi connectivity index (χ0) is 18.8. The lowest BCUT2D eigenvalue weighted by Gasteiger charge is -2.08. The molecule has 0 aliphatic heterocycles. The summed E-state index contributed by atoms with van der Waals surface area (Å²) in [7, 11) is 1.61.